The van der Waals surface area contributed by atoms with Crippen molar-refractivity contribution in [2.75, 3.05) is 5.01 Å². The zero-order chi connectivity index (χ0) is 18.5. The second-order valence-corrected chi connectivity index (χ2v) is 6.85. The van der Waals surface area contributed by atoms with Gasteiger partial charge >= 0.3 is 0 Å². The summed E-state index contributed by atoms with van der Waals surface area (Å²) in [5.74, 6) is 1.51. The SMILES string of the molecule is Brc1ccc(-c2ccc(/C=N\N(c3ccccc3)c3ccccc3)o2)cc1. The average molecular weight is 417 g/mol. The van der Waals surface area contributed by atoms with Crippen LogP contribution < -0.4 is 5.01 Å². The smallest absolute Gasteiger partial charge is 0.147 e. The molecule has 1 aromatic heterocycles. The van der Waals surface area contributed by atoms with E-state index in [1.807, 2.05) is 102 Å². The number of rotatable bonds is 5. The summed E-state index contributed by atoms with van der Waals surface area (Å²) in [5, 5.41) is 6.55. The van der Waals surface area contributed by atoms with Gasteiger partial charge < -0.3 is 4.42 Å². The molecular weight excluding hydrogens is 400 g/mol. The van der Waals surface area contributed by atoms with Crippen LogP contribution in [0.15, 0.2) is 111 Å². The highest BCUT2D eigenvalue weighted by molar-refractivity contribution is 9.10. The van der Waals surface area contributed by atoms with Crippen molar-refractivity contribution in [2.45, 2.75) is 0 Å². The molecule has 4 rings (SSSR count). The molecule has 3 nitrogen and oxygen atoms in total. The topological polar surface area (TPSA) is 28.7 Å². The van der Waals surface area contributed by atoms with E-state index in [4.69, 9.17) is 4.42 Å². The molecule has 0 aliphatic rings. The molecule has 0 saturated carbocycles. The molecule has 132 valence electrons. The molecule has 0 radical (unpaired) electrons. The van der Waals surface area contributed by atoms with Gasteiger partial charge in [-0.05, 0) is 48.5 Å². The third-order valence-electron chi connectivity index (χ3n) is 4.06. The van der Waals surface area contributed by atoms with Gasteiger partial charge in [-0.15, -0.1) is 0 Å². The van der Waals surface area contributed by atoms with Crippen molar-refractivity contribution < 1.29 is 4.42 Å². The van der Waals surface area contributed by atoms with E-state index in [2.05, 4.69) is 21.0 Å². The maximum atomic E-state index is 5.94. The van der Waals surface area contributed by atoms with Crippen molar-refractivity contribution in [1.29, 1.82) is 0 Å². The molecule has 0 atom stereocenters. The van der Waals surface area contributed by atoms with Crippen LogP contribution in [0.5, 0.6) is 0 Å². The van der Waals surface area contributed by atoms with Gasteiger partial charge in [0.2, 0.25) is 0 Å². The Morgan fingerprint density at radius 2 is 1.30 bits per heavy atom. The third kappa shape index (κ3) is 4.18. The molecule has 4 aromatic rings. The summed E-state index contributed by atoms with van der Waals surface area (Å²) in [5.41, 5.74) is 3.00. The lowest BCUT2D eigenvalue weighted by atomic mass is 10.2. The maximum Gasteiger partial charge on any atom is 0.147 e. The molecule has 3 aromatic carbocycles. The lowest BCUT2D eigenvalue weighted by Gasteiger charge is -2.18. The number of benzene rings is 3. The summed E-state index contributed by atoms with van der Waals surface area (Å²) in [6.07, 6.45) is 1.74. The second kappa shape index (κ2) is 8.06. The molecule has 0 aliphatic carbocycles. The van der Waals surface area contributed by atoms with Crippen molar-refractivity contribution in [1.82, 2.24) is 0 Å². The fourth-order valence-corrected chi connectivity index (χ4v) is 2.99. The number of hydrogen-bond donors (Lipinski definition) is 0. The van der Waals surface area contributed by atoms with E-state index >= 15 is 0 Å². The lowest BCUT2D eigenvalue weighted by Crippen LogP contribution is -2.08. The molecule has 0 saturated heterocycles. The van der Waals surface area contributed by atoms with Crippen LogP contribution in [-0.4, -0.2) is 6.21 Å². The highest BCUT2D eigenvalue weighted by atomic mass is 79.9. The van der Waals surface area contributed by atoms with Gasteiger partial charge in [0.25, 0.3) is 0 Å². The van der Waals surface area contributed by atoms with Crippen LogP contribution in [0.25, 0.3) is 11.3 Å². The number of para-hydroxylation sites is 2. The monoisotopic (exact) mass is 416 g/mol. The number of hydrogen-bond acceptors (Lipinski definition) is 3. The van der Waals surface area contributed by atoms with Crippen LogP contribution in [0.3, 0.4) is 0 Å². The number of furan rings is 1. The molecule has 27 heavy (non-hydrogen) atoms. The van der Waals surface area contributed by atoms with Gasteiger partial charge in [0, 0.05) is 10.0 Å². The Morgan fingerprint density at radius 1 is 0.704 bits per heavy atom. The highest BCUT2D eigenvalue weighted by Crippen LogP contribution is 2.26. The Bertz CT molecular complexity index is 985. The van der Waals surface area contributed by atoms with Crippen molar-refractivity contribution in [3.63, 3.8) is 0 Å². The summed E-state index contributed by atoms with van der Waals surface area (Å²) in [7, 11) is 0. The van der Waals surface area contributed by atoms with Crippen molar-refractivity contribution in [3.8, 4) is 11.3 Å². The van der Waals surface area contributed by atoms with E-state index in [0.717, 1.165) is 27.2 Å². The van der Waals surface area contributed by atoms with Crippen LogP contribution in [0.1, 0.15) is 5.76 Å². The van der Waals surface area contributed by atoms with Crippen molar-refractivity contribution in [2.24, 2.45) is 5.10 Å². The Labute approximate surface area is 166 Å². The molecule has 4 heteroatoms. The summed E-state index contributed by atoms with van der Waals surface area (Å²) in [6, 6.07) is 32.0. The standard InChI is InChI=1S/C23H17BrN2O/c24-19-13-11-18(12-14-19)23-16-15-22(27-23)17-25-26(20-7-3-1-4-8-20)21-9-5-2-6-10-21/h1-17H/b25-17-. The molecule has 0 N–H and O–H groups in total. The number of halogens is 1. The van der Waals surface area contributed by atoms with E-state index < -0.39 is 0 Å². The first kappa shape index (κ1) is 17.3. The fourth-order valence-electron chi connectivity index (χ4n) is 2.73. The molecule has 0 fully saturated rings. The zero-order valence-electron chi connectivity index (χ0n) is 14.5. The predicted molar refractivity (Wildman–Crippen MR) is 114 cm³/mol. The first-order chi connectivity index (χ1) is 13.3. The van der Waals surface area contributed by atoms with E-state index in [-0.39, 0.29) is 0 Å². The molecule has 0 aliphatic heterocycles. The van der Waals surface area contributed by atoms with Crippen molar-refractivity contribution in [3.05, 3.63) is 107 Å². The summed E-state index contributed by atoms with van der Waals surface area (Å²) < 4.78 is 6.98. The van der Waals surface area contributed by atoms with Gasteiger partial charge in [-0.1, -0.05) is 64.5 Å². The van der Waals surface area contributed by atoms with Crippen molar-refractivity contribution >= 4 is 33.5 Å². The Balaban J connectivity index is 1.62. The van der Waals surface area contributed by atoms with Gasteiger partial charge in [0.15, 0.2) is 0 Å². The Hall–Kier alpha value is -3.11. The number of hydrazone groups is 1. The largest absolute Gasteiger partial charge is 0.455 e. The average Bonchev–Trinajstić information content (AvgIpc) is 3.19. The third-order valence-corrected chi connectivity index (χ3v) is 4.59. The van der Waals surface area contributed by atoms with Crippen LogP contribution in [0, 0.1) is 0 Å². The fraction of sp³-hybridized carbons (Fsp3) is 0. The summed E-state index contributed by atoms with van der Waals surface area (Å²) in [6.45, 7) is 0. The Morgan fingerprint density at radius 3 is 1.89 bits per heavy atom. The van der Waals surface area contributed by atoms with Gasteiger partial charge in [-0.25, -0.2) is 5.01 Å². The molecule has 0 amide bonds. The zero-order valence-corrected chi connectivity index (χ0v) is 16.1. The minimum Gasteiger partial charge on any atom is -0.455 e. The molecule has 0 spiro atoms. The van der Waals surface area contributed by atoms with E-state index in [0.29, 0.717) is 5.76 Å². The first-order valence-corrected chi connectivity index (χ1v) is 9.39. The molecular formula is C23H17BrN2O. The minimum atomic E-state index is 0.699. The normalized spacial score (nSPS) is 11.0. The Kier molecular flexibility index (Phi) is 5.17. The number of nitrogens with zero attached hydrogens (tertiary/aromatic N) is 2. The van der Waals surface area contributed by atoms with Crippen LogP contribution in [0.4, 0.5) is 11.4 Å². The van der Waals surface area contributed by atoms with Gasteiger partial charge in [0.1, 0.15) is 11.5 Å². The number of anilines is 2. The van der Waals surface area contributed by atoms with E-state index in [1.165, 1.54) is 0 Å². The van der Waals surface area contributed by atoms with Crippen LogP contribution in [-0.2, 0) is 0 Å². The van der Waals surface area contributed by atoms with Gasteiger partial charge in [0.05, 0.1) is 17.6 Å². The maximum absolute atomic E-state index is 5.94. The summed E-state index contributed by atoms with van der Waals surface area (Å²) in [4.78, 5) is 0. The summed E-state index contributed by atoms with van der Waals surface area (Å²) >= 11 is 3.45. The first-order valence-electron chi connectivity index (χ1n) is 8.59. The van der Waals surface area contributed by atoms with Crippen LogP contribution >= 0.6 is 15.9 Å². The molecule has 1 heterocycles. The highest BCUT2D eigenvalue weighted by Gasteiger charge is 2.08. The molecule has 0 bridgehead atoms. The minimum absolute atomic E-state index is 0.699. The van der Waals surface area contributed by atoms with Gasteiger partial charge in [-0.3, -0.25) is 0 Å². The second-order valence-electron chi connectivity index (χ2n) is 5.94. The predicted octanol–water partition coefficient (Wildman–Crippen LogP) is 6.88. The lowest BCUT2D eigenvalue weighted by molar-refractivity contribution is 0.575. The van der Waals surface area contributed by atoms with E-state index in [9.17, 15) is 0 Å². The van der Waals surface area contributed by atoms with Gasteiger partial charge in [-0.2, -0.15) is 5.10 Å². The van der Waals surface area contributed by atoms with Crippen LogP contribution in [0.2, 0.25) is 0 Å². The quantitative estimate of drug-likeness (QED) is 0.262. The van der Waals surface area contributed by atoms with E-state index in [1.54, 1.807) is 6.21 Å². The molecule has 0 unspecified atom stereocenters.